The SMILES string of the molecule is CC(N)(CO)C(=O)O.COC(=O)C(C)(CO)NC(=O)OC(C)(C)C. The van der Waals surface area contributed by atoms with Gasteiger partial charge in [-0.25, -0.2) is 9.59 Å². The van der Waals surface area contributed by atoms with Gasteiger partial charge in [-0.05, 0) is 34.6 Å². The van der Waals surface area contributed by atoms with Gasteiger partial charge >= 0.3 is 18.0 Å². The summed E-state index contributed by atoms with van der Waals surface area (Å²) in [6.45, 7) is 6.57. The van der Waals surface area contributed by atoms with E-state index in [0.717, 1.165) is 0 Å². The first-order valence-electron chi connectivity index (χ1n) is 6.98. The molecular formula is C14H28N2O8. The Balaban J connectivity index is 0. The van der Waals surface area contributed by atoms with Crippen LogP contribution < -0.4 is 11.1 Å². The molecule has 6 N–H and O–H groups in total. The molecule has 2 atom stereocenters. The van der Waals surface area contributed by atoms with Gasteiger partial charge in [0.05, 0.1) is 20.3 Å². The number of nitrogens with two attached hydrogens (primary N) is 1. The Morgan fingerprint density at radius 3 is 1.71 bits per heavy atom. The number of carboxylic acid groups (broad SMARTS) is 1. The minimum atomic E-state index is -1.49. The van der Waals surface area contributed by atoms with Gasteiger partial charge in [0.1, 0.15) is 11.1 Å². The molecule has 10 heteroatoms. The molecule has 0 aromatic carbocycles. The number of rotatable bonds is 5. The van der Waals surface area contributed by atoms with Crippen LogP contribution in [0.4, 0.5) is 4.79 Å². The standard InChI is InChI=1S/C10H19NO5.C4H9NO3/c1-9(2,3)16-8(14)11-10(4,6-12)7(13)15-5;1-4(5,2-6)3(7)8/h12H,6H2,1-5H3,(H,11,14);6H,2,5H2,1H3,(H,7,8). The number of nitrogens with one attached hydrogen (secondary N) is 1. The van der Waals surface area contributed by atoms with E-state index in [0.29, 0.717) is 0 Å². The van der Waals surface area contributed by atoms with Crippen LogP contribution in [0.25, 0.3) is 0 Å². The Hall–Kier alpha value is -1.91. The number of ether oxygens (including phenoxy) is 2. The van der Waals surface area contributed by atoms with E-state index in [2.05, 4.69) is 10.1 Å². The number of carbonyl (C=O) groups is 3. The van der Waals surface area contributed by atoms with E-state index in [1.54, 1.807) is 20.8 Å². The summed E-state index contributed by atoms with van der Waals surface area (Å²) in [4.78, 5) is 32.7. The maximum absolute atomic E-state index is 11.4. The fraction of sp³-hybridized carbons (Fsp3) is 0.786. The third-order valence-electron chi connectivity index (χ3n) is 2.55. The molecule has 0 heterocycles. The molecule has 142 valence electrons. The van der Waals surface area contributed by atoms with Crippen LogP contribution in [-0.4, -0.2) is 70.4 Å². The zero-order chi connectivity index (χ0) is 19.8. The molecule has 0 aromatic heterocycles. The molecule has 0 spiro atoms. The third kappa shape index (κ3) is 9.28. The number of carboxylic acids is 1. The van der Waals surface area contributed by atoms with Crippen molar-refractivity contribution in [3.63, 3.8) is 0 Å². The molecule has 2 unspecified atom stereocenters. The maximum Gasteiger partial charge on any atom is 0.408 e. The number of hydrogen-bond acceptors (Lipinski definition) is 8. The van der Waals surface area contributed by atoms with E-state index < -0.39 is 47.9 Å². The van der Waals surface area contributed by atoms with Crippen molar-refractivity contribution in [3.8, 4) is 0 Å². The topological polar surface area (TPSA) is 168 Å². The summed E-state index contributed by atoms with van der Waals surface area (Å²) in [6.07, 6.45) is -0.783. The second kappa shape index (κ2) is 9.40. The average molecular weight is 352 g/mol. The smallest absolute Gasteiger partial charge is 0.408 e. The fourth-order valence-corrected chi connectivity index (χ4v) is 0.977. The van der Waals surface area contributed by atoms with Gasteiger partial charge in [-0.3, -0.25) is 4.79 Å². The lowest BCUT2D eigenvalue weighted by molar-refractivity contribution is -0.149. The van der Waals surface area contributed by atoms with Crippen molar-refractivity contribution in [1.82, 2.24) is 5.32 Å². The molecule has 0 radical (unpaired) electrons. The van der Waals surface area contributed by atoms with Crippen molar-refractivity contribution >= 4 is 18.0 Å². The predicted molar refractivity (Wildman–Crippen MR) is 84.2 cm³/mol. The van der Waals surface area contributed by atoms with E-state index in [4.69, 9.17) is 25.8 Å². The number of aliphatic hydroxyl groups is 2. The van der Waals surface area contributed by atoms with Crippen LogP contribution in [0, 0.1) is 0 Å². The van der Waals surface area contributed by atoms with Crippen molar-refractivity contribution in [2.24, 2.45) is 5.73 Å². The van der Waals surface area contributed by atoms with Crippen LogP contribution >= 0.6 is 0 Å². The van der Waals surface area contributed by atoms with Gasteiger partial charge in [-0.15, -0.1) is 0 Å². The quantitative estimate of drug-likeness (QED) is 0.398. The first kappa shape index (κ1) is 24.3. The van der Waals surface area contributed by atoms with Crippen LogP contribution in [-0.2, 0) is 19.1 Å². The molecule has 0 bridgehead atoms. The van der Waals surface area contributed by atoms with Crippen molar-refractivity contribution in [2.75, 3.05) is 20.3 Å². The van der Waals surface area contributed by atoms with Crippen molar-refractivity contribution in [2.45, 2.75) is 51.3 Å². The molecule has 0 saturated carbocycles. The molecule has 0 saturated heterocycles. The predicted octanol–water partition coefficient (Wildman–Crippen LogP) is -0.784. The number of amides is 1. The minimum Gasteiger partial charge on any atom is -0.480 e. The van der Waals surface area contributed by atoms with Crippen molar-refractivity contribution in [3.05, 3.63) is 0 Å². The molecule has 0 fully saturated rings. The number of carbonyl (C=O) groups excluding carboxylic acids is 2. The minimum absolute atomic E-state index is 0.539. The highest BCUT2D eigenvalue weighted by Gasteiger charge is 2.37. The summed E-state index contributed by atoms with van der Waals surface area (Å²) in [6, 6.07) is 0. The molecule has 0 aliphatic rings. The highest BCUT2D eigenvalue weighted by Crippen LogP contribution is 2.10. The Bertz CT molecular complexity index is 445. The van der Waals surface area contributed by atoms with Gasteiger partial charge < -0.3 is 35.8 Å². The molecule has 1 amide bonds. The third-order valence-corrected chi connectivity index (χ3v) is 2.55. The Kier molecular flexibility index (Phi) is 9.54. The highest BCUT2D eigenvalue weighted by molar-refractivity contribution is 5.85. The van der Waals surface area contributed by atoms with Crippen LogP contribution in [0.5, 0.6) is 0 Å². The van der Waals surface area contributed by atoms with Gasteiger partial charge in [0, 0.05) is 0 Å². The molecule has 0 aromatic rings. The van der Waals surface area contributed by atoms with Crippen molar-refractivity contribution < 1.29 is 39.2 Å². The molecular weight excluding hydrogens is 324 g/mol. The second-order valence-electron chi connectivity index (χ2n) is 6.49. The van der Waals surface area contributed by atoms with Gasteiger partial charge in [0.25, 0.3) is 0 Å². The van der Waals surface area contributed by atoms with Crippen molar-refractivity contribution in [1.29, 1.82) is 0 Å². The summed E-state index contributed by atoms with van der Waals surface area (Å²) >= 11 is 0. The van der Waals surface area contributed by atoms with Crippen LogP contribution in [0.2, 0.25) is 0 Å². The maximum atomic E-state index is 11.4. The molecule has 0 aliphatic heterocycles. The Morgan fingerprint density at radius 1 is 1.04 bits per heavy atom. The van der Waals surface area contributed by atoms with Crippen LogP contribution in [0.3, 0.4) is 0 Å². The first-order chi connectivity index (χ1) is 10.6. The van der Waals surface area contributed by atoms with Crippen LogP contribution in [0.15, 0.2) is 0 Å². The zero-order valence-electron chi connectivity index (χ0n) is 14.9. The van der Waals surface area contributed by atoms with E-state index in [1.807, 2.05) is 0 Å². The van der Waals surface area contributed by atoms with Gasteiger partial charge in [0.2, 0.25) is 0 Å². The van der Waals surface area contributed by atoms with E-state index in [1.165, 1.54) is 21.0 Å². The number of aliphatic carboxylic acids is 1. The van der Waals surface area contributed by atoms with Gasteiger partial charge in [-0.2, -0.15) is 0 Å². The normalized spacial score (nSPS) is 15.7. The molecule has 24 heavy (non-hydrogen) atoms. The van der Waals surface area contributed by atoms with Crippen LogP contribution in [0.1, 0.15) is 34.6 Å². The summed E-state index contributed by atoms with van der Waals surface area (Å²) in [7, 11) is 1.17. The Labute approximate surface area is 140 Å². The molecule has 0 aliphatic carbocycles. The summed E-state index contributed by atoms with van der Waals surface area (Å²) in [5.74, 6) is -1.93. The average Bonchev–Trinajstić information content (AvgIpc) is 2.44. The zero-order valence-corrected chi connectivity index (χ0v) is 14.9. The van der Waals surface area contributed by atoms with Gasteiger partial charge in [-0.1, -0.05) is 0 Å². The monoisotopic (exact) mass is 352 g/mol. The summed E-state index contributed by atoms with van der Waals surface area (Å²) < 4.78 is 9.43. The number of aliphatic hydroxyl groups excluding tert-OH is 2. The number of esters is 1. The number of alkyl carbamates (subject to hydrolysis) is 1. The van der Waals surface area contributed by atoms with E-state index in [-0.39, 0.29) is 0 Å². The lowest BCUT2D eigenvalue weighted by Gasteiger charge is -2.27. The fourth-order valence-electron chi connectivity index (χ4n) is 0.977. The number of methoxy groups -OCH3 is 1. The molecule has 0 rings (SSSR count). The summed E-state index contributed by atoms with van der Waals surface area (Å²) in [5, 5.41) is 27.7. The lowest BCUT2D eigenvalue weighted by atomic mass is 10.1. The first-order valence-corrected chi connectivity index (χ1v) is 6.98. The van der Waals surface area contributed by atoms with Gasteiger partial charge in [0.15, 0.2) is 5.54 Å². The molecule has 10 nitrogen and oxygen atoms in total. The Morgan fingerprint density at radius 2 is 1.50 bits per heavy atom. The highest BCUT2D eigenvalue weighted by atomic mass is 16.6. The van der Waals surface area contributed by atoms with E-state index >= 15 is 0 Å². The largest absolute Gasteiger partial charge is 0.480 e. The lowest BCUT2D eigenvalue weighted by Crippen LogP contribution is -2.56. The van der Waals surface area contributed by atoms with E-state index in [9.17, 15) is 14.4 Å². The summed E-state index contributed by atoms with van der Waals surface area (Å²) in [5.41, 5.74) is 1.36. The number of hydrogen-bond donors (Lipinski definition) is 5. The second-order valence-corrected chi connectivity index (χ2v) is 6.49.